The molecule has 1 fully saturated rings. The smallest absolute Gasteiger partial charge is 0.284 e. The second-order valence-electron chi connectivity index (χ2n) is 4.98. The number of benzene rings is 2. The van der Waals surface area contributed by atoms with Gasteiger partial charge in [-0.1, -0.05) is 40.9 Å². The molecule has 0 radical (unpaired) electrons. The van der Waals surface area contributed by atoms with Gasteiger partial charge in [-0.3, -0.25) is 14.5 Å². The largest absolute Gasteiger partial charge is 0.338 e. The number of imide groups is 3. The van der Waals surface area contributed by atoms with E-state index in [1.807, 2.05) is 0 Å². The minimum Gasteiger partial charge on any atom is -0.284 e. The second kappa shape index (κ2) is 6.43. The lowest BCUT2D eigenvalue weighted by atomic mass is 10.2. The fraction of sp³-hybridized carbons (Fsp3) is 0.0625. The van der Waals surface area contributed by atoms with Crippen molar-refractivity contribution in [2.45, 2.75) is 0 Å². The number of halogens is 3. The van der Waals surface area contributed by atoms with Crippen LogP contribution in [0.25, 0.3) is 0 Å². The van der Waals surface area contributed by atoms with Crippen molar-refractivity contribution >= 4 is 58.3 Å². The van der Waals surface area contributed by atoms with Gasteiger partial charge in [0.2, 0.25) is 0 Å². The molecule has 1 heterocycles. The number of carbonyl (C=O) groups excluding carboxylic acids is 3. The van der Waals surface area contributed by atoms with E-state index in [1.54, 1.807) is 30.3 Å². The Hall–Kier alpha value is -2.08. The molecule has 5 nitrogen and oxygen atoms in total. The number of rotatable bonds is 2. The van der Waals surface area contributed by atoms with Crippen molar-refractivity contribution in [1.82, 2.24) is 4.90 Å². The minimum absolute atomic E-state index is 0.0676. The van der Waals surface area contributed by atoms with Crippen LogP contribution in [-0.4, -0.2) is 29.3 Å². The Morgan fingerprint density at radius 3 is 2.08 bits per heavy atom. The summed E-state index contributed by atoms with van der Waals surface area (Å²) in [6.07, 6.45) is 0. The van der Waals surface area contributed by atoms with Gasteiger partial charge < -0.3 is 0 Å². The molecule has 8 heteroatoms. The topological polar surface area (TPSA) is 57.7 Å². The maximum absolute atomic E-state index is 12.6. The average molecular weight is 384 g/mol. The highest BCUT2D eigenvalue weighted by atomic mass is 35.5. The SMILES string of the molecule is O=C1CN(c2ccc(Cl)cc2)C(=O)N1C(=O)c1c(Cl)cccc1Cl. The van der Waals surface area contributed by atoms with Gasteiger partial charge in [0.1, 0.15) is 6.54 Å². The summed E-state index contributed by atoms with van der Waals surface area (Å²) in [5, 5.41) is 0.628. The number of carbonyl (C=O) groups is 3. The number of anilines is 1. The van der Waals surface area contributed by atoms with Gasteiger partial charge in [0, 0.05) is 10.7 Å². The Bertz CT molecular complexity index is 832. The van der Waals surface area contributed by atoms with E-state index < -0.39 is 17.8 Å². The van der Waals surface area contributed by atoms with Crippen molar-refractivity contribution in [1.29, 1.82) is 0 Å². The van der Waals surface area contributed by atoms with Gasteiger partial charge in [0.05, 0.1) is 15.6 Å². The highest BCUT2D eigenvalue weighted by Gasteiger charge is 2.42. The van der Waals surface area contributed by atoms with Crippen molar-refractivity contribution in [3.05, 3.63) is 63.1 Å². The Kier molecular flexibility index (Phi) is 4.49. The van der Waals surface area contributed by atoms with Crippen LogP contribution < -0.4 is 4.90 Å². The van der Waals surface area contributed by atoms with Crippen LogP contribution in [-0.2, 0) is 4.79 Å². The molecule has 0 spiro atoms. The molecule has 24 heavy (non-hydrogen) atoms. The van der Waals surface area contributed by atoms with Crippen LogP contribution in [0.3, 0.4) is 0 Å². The molecular weight excluding hydrogens is 375 g/mol. The van der Waals surface area contributed by atoms with Crippen LogP contribution in [0, 0.1) is 0 Å². The van der Waals surface area contributed by atoms with Gasteiger partial charge in [-0.25, -0.2) is 4.79 Å². The quantitative estimate of drug-likeness (QED) is 0.575. The van der Waals surface area contributed by atoms with E-state index in [9.17, 15) is 14.4 Å². The zero-order valence-electron chi connectivity index (χ0n) is 12.0. The summed E-state index contributed by atoms with van der Waals surface area (Å²) < 4.78 is 0. The number of nitrogens with zero attached hydrogens (tertiary/aromatic N) is 2. The summed E-state index contributed by atoms with van der Waals surface area (Å²) in [6.45, 7) is -0.256. The molecule has 4 amide bonds. The van der Waals surface area contributed by atoms with Gasteiger partial charge in [-0.15, -0.1) is 0 Å². The summed E-state index contributed by atoms with van der Waals surface area (Å²) in [4.78, 5) is 39.1. The number of hydrogen-bond donors (Lipinski definition) is 0. The molecule has 1 aliphatic heterocycles. The summed E-state index contributed by atoms with van der Waals surface area (Å²) in [7, 11) is 0. The molecular formula is C16H9Cl3N2O3. The zero-order valence-corrected chi connectivity index (χ0v) is 14.3. The van der Waals surface area contributed by atoms with Crippen molar-refractivity contribution in [3.8, 4) is 0 Å². The van der Waals surface area contributed by atoms with Crippen LogP contribution >= 0.6 is 34.8 Å². The second-order valence-corrected chi connectivity index (χ2v) is 6.23. The molecule has 0 aromatic heterocycles. The summed E-state index contributed by atoms with van der Waals surface area (Å²) >= 11 is 17.8. The molecule has 0 N–H and O–H groups in total. The van der Waals surface area contributed by atoms with E-state index in [4.69, 9.17) is 34.8 Å². The number of amides is 4. The normalized spacial score (nSPS) is 14.5. The highest BCUT2D eigenvalue weighted by molar-refractivity contribution is 6.41. The zero-order chi connectivity index (χ0) is 17.4. The first kappa shape index (κ1) is 16.8. The fourth-order valence-electron chi connectivity index (χ4n) is 2.34. The lowest BCUT2D eigenvalue weighted by Crippen LogP contribution is -2.38. The predicted octanol–water partition coefficient (Wildman–Crippen LogP) is 4.26. The third-order valence-electron chi connectivity index (χ3n) is 3.48. The Labute approximate surface area is 152 Å². The Morgan fingerprint density at radius 2 is 1.50 bits per heavy atom. The van der Waals surface area contributed by atoms with Crippen molar-refractivity contribution in [2.24, 2.45) is 0 Å². The monoisotopic (exact) mass is 382 g/mol. The highest BCUT2D eigenvalue weighted by Crippen LogP contribution is 2.29. The molecule has 0 unspecified atom stereocenters. The first-order valence-corrected chi connectivity index (χ1v) is 7.92. The summed E-state index contributed by atoms with van der Waals surface area (Å²) in [5.41, 5.74) is 0.374. The average Bonchev–Trinajstić information content (AvgIpc) is 2.82. The van der Waals surface area contributed by atoms with E-state index in [1.165, 1.54) is 17.0 Å². The molecule has 1 aliphatic rings. The molecule has 0 saturated carbocycles. The summed E-state index contributed by atoms with van der Waals surface area (Å²) in [6, 6.07) is 10.1. The van der Waals surface area contributed by atoms with E-state index in [2.05, 4.69) is 0 Å². The van der Waals surface area contributed by atoms with E-state index in [0.717, 1.165) is 0 Å². The third-order valence-corrected chi connectivity index (χ3v) is 4.36. The van der Waals surface area contributed by atoms with Crippen molar-refractivity contribution in [2.75, 3.05) is 11.4 Å². The maximum atomic E-state index is 12.6. The van der Waals surface area contributed by atoms with Gasteiger partial charge in [0.25, 0.3) is 11.8 Å². The van der Waals surface area contributed by atoms with Crippen LogP contribution in [0.5, 0.6) is 0 Å². The molecule has 0 atom stereocenters. The molecule has 0 bridgehead atoms. The molecule has 2 aromatic rings. The van der Waals surface area contributed by atoms with E-state index in [-0.39, 0.29) is 22.2 Å². The van der Waals surface area contributed by atoms with Gasteiger partial charge in [-0.2, -0.15) is 4.90 Å². The van der Waals surface area contributed by atoms with Crippen LogP contribution in [0.15, 0.2) is 42.5 Å². The lowest BCUT2D eigenvalue weighted by Gasteiger charge is -2.17. The van der Waals surface area contributed by atoms with Crippen LogP contribution in [0.1, 0.15) is 10.4 Å². The van der Waals surface area contributed by atoms with Crippen molar-refractivity contribution in [3.63, 3.8) is 0 Å². The minimum atomic E-state index is -0.850. The fourth-order valence-corrected chi connectivity index (χ4v) is 3.02. The molecule has 3 rings (SSSR count). The third kappa shape index (κ3) is 2.86. The lowest BCUT2D eigenvalue weighted by molar-refractivity contribution is -0.123. The summed E-state index contributed by atoms with van der Waals surface area (Å²) in [5.74, 6) is -1.51. The standard InChI is InChI=1S/C16H9Cl3N2O3/c17-9-4-6-10(7-5-9)20-8-13(22)21(16(20)24)15(23)14-11(18)2-1-3-12(14)19/h1-7H,8H2. The predicted molar refractivity (Wildman–Crippen MR) is 91.8 cm³/mol. The Balaban J connectivity index is 1.95. The molecule has 1 saturated heterocycles. The van der Waals surface area contributed by atoms with Gasteiger partial charge in [0.15, 0.2) is 0 Å². The van der Waals surface area contributed by atoms with Gasteiger partial charge >= 0.3 is 6.03 Å². The number of hydrogen-bond acceptors (Lipinski definition) is 3. The first-order chi connectivity index (χ1) is 11.4. The Morgan fingerprint density at radius 1 is 0.917 bits per heavy atom. The van der Waals surface area contributed by atoms with Crippen molar-refractivity contribution < 1.29 is 14.4 Å². The first-order valence-electron chi connectivity index (χ1n) is 6.78. The van der Waals surface area contributed by atoms with Gasteiger partial charge in [-0.05, 0) is 36.4 Å². The van der Waals surface area contributed by atoms with E-state index in [0.29, 0.717) is 15.6 Å². The van der Waals surface area contributed by atoms with Crippen LogP contribution in [0.2, 0.25) is 15.1 Å². The van der Waals surface area contributed by atoms with Crippen LogP contribution in [0.4, 0.5) is 10.5 Å². The molecule has 122 valence electrons. The molecule has 2 aromatic carbocycles. The van der Waals surface area contributed by atoms with E-state index >= 15 is 0 Å². The number of urea groups is 1. The maximum Gasteiger partial charge on any atom is 0.338 e. The molecule has 0 aliphatic carbocycles.